The van der Waals surface area contributed by atoms with Crippen LogP contribution >= 0.6 is 0 Å². The molecule has 3 aromatic carbocycles. The lowest BCUT2D eigenvalue weighted by atomic mass is 9.71. The number of hydrogen-bond donors (Lipinski definition) is 6. The summed E-state index contributed by atoms with van der Waals surface area (Å²) in [5, 5.41) is 63.6. The number of ether oxygens (including phenoxy) is 2. The largest absolute Gasteiger partial charge is 0.508 e. The molecule has 1 saturated heterocycles. The van der Waals surface area contributed by atoms with E-state index < -0.39 is 54.1 Å². The molecule has 6 N–H and O–H groups in total. The average molecular weight is 508 g/mol. The number of ketones is 1. The minimum atomic E-state index is -1.83. The van der Waals surface area contributed by atoms with E-state index >= 15 is 0 Å². The monoisotopic (exact) mass is 508 g/mol. The van der Waals surface area contributed by atoms with Gasteiger partial charge in [-0.15, -0.1) is 0 Å². The van der Waals surface area contributed by atoms with Crippen LogP contribution in [0.1, 0.15) is 48.9 Å². The molecule has 0 spiro atoms. The average Bonchev–Trinajstić information content (AvgIpc) is 2.84. The molecule has 1 heterocycles. The maximum atomic E-state index is 13.3. The van der Waals surface area contributed by atoms with Crippen molar-refractivity contribution in [3.8, 4) is 17.2 Å². The highest BCUT2D eigenvalue weighted by molar-refractivity contribution is 6.16. The first-order valence-corrected chi connectivity index (χ1v) is 11.5. The number of phenols is 3. The van der Waals surface area contributed by atoms with Crippen molar-refractivity contribution in [3.05, 3.63) is 88.0 Å². The lowest BCUT2D eigenvalue weighted by molar-refractivity contribution is -0.282. The molecule has 10 heteroatoms. The Bertz CT molecular complexity index is 1320. The van der Waals surface area contributed by atoms with E-state index in [1.807, 2.05) is 0 Å². The summed E-state index contributed by atoms with van der Waals surface area (Å²) in [5.74, 6) is -4.02. The number of carbonyl (C=O) groups is 2. The minimum absolute atomic E-state index is 0.0563. The third kappa shape index (κ3) is 4.09. The third-order valence-electron chi connectivity index (χ3n) is 6.72. The van der Waals surface area contributed by atoms with Crippen LogP contribution in [0.4, 0.5) is 0 Å². The molecule has 37 heavy (non-hydrogen) atoms. The van der Waals surface area contributed by atoms with Crippen LogP contribution in [0.5, 0.6) is 17.2 Å². The van der Waals surface area contributed by atoms with Crippen LogP contribution < -0.4 is 0 Å². The fourth-order valence-corrected chi connectivity index (χ4v) is 5.05. The molecule has 3 aromatic rings. The second-order valence-electron chi connectivity index (χ2n) is 9.20. The van der Waals surface area contributed by atoms with Gasteiger partial charge in [0.1, 0.15) is 41.7 Å². The highest BCUT2D eigenvalue weighted by Gasteiger charge is 2.51. The second kappa shape index (κ2) is 9.16. The highest BCUT2D eigenvalue weighted by atomic mass is 16.7. The van der Waals surface area contributed by atoms with Crippen molar-refractivity contribution in [1.29, 1.82) is 0 Å². The number of rotatable bonds is 3. The Morgan fingerprint density at radius 2 is 1.46 bits per heavy atom. The van der Waals surface area contributed by atoms with Gasteiger partial charge in [0, 0.05) is 12.0 Å². The Morgan fingerprint density at radius 3 is 2.14 bits per heavy atom. The summed E-state index contributed by atoms with van der Waals surface area (Å²) in [7, 11) is 0. The predicted molar refractivity (Wildman–Crippen MR) is 126 cm³/mol. The number of fused-ring (bicyclic) bond motifs is 2. The molecule has 0 amide bonds. The molecule has 0 bridgehead atoms. The Morgan fingerprint density at radius 1 is 0.838 bits per heavy atom. The van der Waals surface area contributed by atoms with Gasteiger partial charge in [0.05, 0.1) is 16.7 Å². The number of esters is 1. The summed E-state index contributed by atoms with van der Waals surface area (Å²) in [6, 6.07) is 13.0. The van der Waals surface area contributed by atoms with Crippen LogP contribution in [0.25, 0.3) is 0 Å². The van der Waals surface area contributed by atoms with Gasteiger partial charge >= 0.3 is 5.97 Å². The summed E-state index contributed by atoms with van der Waals surface area (Å²) in [4.78, 5) is 25.9. The maximum absolute atomic E-state index is 13.3. The van der Waals surface area contributed by atoms with E-state index in [1.54, 1.807) is 31.2 Å². The van der Waals surface area contributed by atoms with Crippen molar-refractivity contribution in [2.24, 2.45) is 0 Å². The van der Waals surface area contributed by atoms with Gasteiger partial charge in [0.25, 0.3) is 0 Å². The summed E-state index contributed by atoms with van der Waals surface area (Å²) in [6.45, 7) is 1.66. The summed E-state index contributed by atoms with van der Waals surface area (Å²) in [5.41, 5.74) is 0.577. The number of aliphatic hydroxyl groups excluding tert-OH is 3. The van der Waals surface area contributed by atoms with Gasteiger partial charge in [-0.1, -0.05) is 24.3 Å². The zero-order valence-corrected chi connectivity index (χ0v) is 19.5. The van der Waals surface area contributed by atoms with Crippen molar-refractivity contribution < 1.29 is 49.7 Å². The van der Waals surface area contributed by atoms with Crippen LogP contribution in [0.15, 0.2) is 54.6 Å². The van der Waals surface area contributed by atoms with Crippen LogP contribution in [-0.2, 0) is 9.47 Å². The van der Waals surface area contributed by atoms with E-state index in [2.05, 4.69) is 0 Å². The summed E-state index contributed by atoms with van der Waals surface area (Å²) < 4.78 is 11.2. The predicted octanol–water partition coefficient (Wildman–Crippen LogP) is 1.45. The van der Waals surface area contributed by atoms with E-state index in [4.69, 9.17) is 9.47 Å². The minimum Gasteiger partial charge on any atom is -0.508 e. The molecule has 0 unspecified atom stereocenters. The quantitative estimate of drug-likeness (QED) is 0.284. The number of aromatic hydroxyl groups is 3. The summed E-state index contributed by atoms with van der Waals surface area (Å²) >= 11 is 0. The SMILES string of the molecule is Cc1cc(O)c2c(c1)[C@H]([C@H]1O[C@H](OC(=O)c3ccccc3)[C@@H](O)[C@@H](O)[C@@H]1O)c1cc(O)cc(O)c1C2=O. The molecule has 1 aliphatic heterocycles. The van der Waals surface area contributed by atoms with Gasteiger partial charge in [0.2, 0.25) is 12.1 Å². The van der Waals surface area contributed by atoms with Gasteiger partial charge < -0.3 is 40.1 Å². The van der Waals surface area contributed by atoms with Crippen molar-refractivity contribution in [2.45, 2.75) is 43.5 Å². The van der Waals surface area contributed by atoms with E-state index in [0.717, 1.165) is 6.07 Å². The molecular weight excluding hydrogens is 484 g/mol. The number of aryl methyl sites for hydroxylation is 1. The fourth-order valence-electron chi connectivity index (χ4n) is 5.05. The first-order chi connectivity index (χ1) is 17.6. The molecule has 0 radical (unpaired) electrons. The molecule has 1 aliphatic carbocycles. The lowest BCUT2D eigenvalue weighted by Gasteiger charge is -2.44. The van der Waals surface area contributed by atoms with Crippen LogP contribution in [0.2, 0.25) is 0 Å². The van der Waals surface area contributed by atoms with Gasteiger partial charge in [0.15, 0.2) is 0 Å². The van der Waals surface area contributed by atoms with Gasteiger partial charge in [-0.25, -0.2) is 4.79 Å². The molecule has 0 aromatic heterocycles. The van der Waals surface area contributed by atoms with Crippen molar-refractivity contribution in [2.75, 3.05) is 0 Å². The normalized spacial score (nSPS) is 26.8. The smallest absolute Gasteiger partial charge is 0.340 e. The maximum Gasteiger partial charge on any atom is 0.340 e. The fraction of sp³-hybridized carbons (Fsp3) is 0.259. The van der Waals surface area contributed by atoms with E-state index in [-0.39, 0.29) is 39.3 Å². The number of benzene rings is 3. The molecule has 2 aliphatic rings. The van der Waals surface area contributed by atoms with Crippen LogP contribution in [0, 0.1) is 6.92 Å². The molecule has 6 atom stereocenters. The Kier molecular flexibility index (Phi) is 6.12. The molecule has 192 valence electrons. The number of hydrogen-bond acceptors (Lipinski definition) is 10. The Labute approximate surface area is 210 Å². The van der Waals surface area contributed by atoms with E-state index in [9.17, 15) is 40.2 Å². The van der Waals surface area contributed by atoms with Crippen molar-refractivity contribution in [3.63, 3.8) is 0 Å². The zero-order chi connectivity index (χ0) is 26.6. The van der Waals surface area contributed by atoms with Gasteiger partial charge in [-0.05, 0) is 47.9 Å². The molecule has 0 saturated carbocycles. The van der Waals surface area contributed by atoms with Crippen molar-refractivity contribution >= 4 is 11.8 Å². The molecule has 10 nitrogen and oxygen atoms in total. The first-order valence-electron chi connectivity index (χ1n) is 11.5. The number of carbonyl (C=O) groups excluding carboxylic acids is 2. The number of aliphatic hydroxyl groups is 3. The van der Waals surface area contributed by atoms with Crippen LogP contribution in [-0.4, -0.2) is 73.1 Å². The zero-order valence-electron chi connectivity index (χ0n) is 19.5. The Hall–Kier alpha value is -3.96. The molecular formula is C27H24O10. The number of phenolic OH excluding ortho intramolecular Hbond substituents is 3. The van der Waals surface area contributed by atoms with Gasteiger partial charge in [-0.3, -0.25) is 4.79 Å². The standard InChI is InChI=1S/C27H24O10/c1-11-7-14-18(15-9-13(28)10-17(30)20(15)21(31)19(14)16(29)8-11)25-23(33)22(32)24(34)27(36-25)37-26(35)12-5-3-2-4-6-12/h2-10,18,22-25,27-30,32-34H,1H3/t18-,22-,23-,24-,25+,27+/m0/s1. The van der Waals surface area contributed by atoms with Crippen LogP contribution in [0.3, 0.4) is 0 Å². The van der Waals surface area contributed by atoms with E-state index in [0.29, 0.717) is 5.56 Å². The van der Waals surface area contributed by atoms with Crippen molar-refractivity contribution in [1.82, 2.24) is 0 Å². The van der Waals surface area contributed by atoms with E-state index in [1.165, 1.54) is 24.3 Å². The molecule has 5 rings (SSSR count). The molecule has 1 fully saturated rings. The lowest BCUT2D eigenvalue weighted by Crippen LogP contribution is -2.60. The van der Waals surface area contributed by atoms with Gasteiger partial charge in [-0.2, -0.15) is 0 Å². The third-order valence-corrected chi connectivity index (χ3v) is 6.72. The topological polar surface area (TPSA) is 174 Å². The first kappa shape index (κ1) is 24.7. The highest BCUT2D eigenvalue weighted by Crippen LogP contribution is 2.48. The Balaban J connectivity index is 1.62. The second-order valence-corrected chi connectivity index (χ2v) is 9.20. The summed E-state index contributed by atoms with van der Waals surface area (Å²) in [6.07, 6.45) is -8.56.